The summed E-state index contributed by atoms with van der Waals surface area (Å²) in [6.07, 6.45) is -4.03. The van der Waals surface area contributed by atoms with E-state index in [1.54, 1.807) is 0 Å². The van der Waals surface area contributed by atoms with Crippen molar-refractivity contribution in [3.8, 4) is 11.5 Å². The van der Waals surface area contributed by atoms with Crippen molar-refractivity contribution in [1.29, 1.82) is 0 Å². The Morgan fingerprint density at radius 3 is 2.39 bits per heavy atom. The predicted molar refractivity (Wildman–Crippen MR) is 86.8 cm³/mol. The van der Waals surface area contributed by atoms with Gasteiger partial charge in [0.1, 0.15) is 11.5 Å². The highest BCUT2D eigenvalue weighted by molar-refractivity contribution is 5.85. The molecule has 9 heteroatoms. The van der Waals surface area contributed by atoms with Crippen molar-refractivity contribution in [3.05, 3.63) is 23.8 Å². The van der Waals surface area contributed by atoms with Gasteiger partial charge in [0.15, 0.2) is 0 Å². The summed E-state index contributed by atoms with van der Waals surface area (Å²) < 4.78 is 40.9. The predicted octanol–water partition coefficient (Wildman–Crippen LogP) is 3.49. The first-order valence-electron chi connectivity index (χ1n) is 6.94. The first-order chi connectivity index (χ1) is 9.90. The molecular formula is C14H21Cl2F3N2O2. The van der Waals surface area contributed by atoms with Crippen molar-refractivity contribution < 1.29 is 23.0 Å². The average Bonchev–Trinajstić information content (AvgIpc) is 2.43. The van der Waals surface area contributed by atoms with Crippen LogP contribution in [-0.2, 0) is 0 Å². The summed E-state index contributed by atoms with van der Waals surface area (Å²) in [4.78, 5) is 2.16. The zero-order valence-corrected chi connectivity index (χ0v) is 14.2. The molecule has 134 valence electrons. The summed E-state index contributed by atoms with van der Waals surface area (Å²) in [5.74, 6) is -0.307. The van der Waals surface area contributed by atoms with Crippen LogP contribution >= 0.6 is 24.8 Å². The lowest BCUT2D eigenvalue weighted by Gasteiger charge is -2.35. The maximum absolute atomic E-state index is 12.3. The fourth-order valence-electron chi connectivity index (χ4n) is 2.67. The highest BCUT2D eigenvalue weighted by Gasteiger charge is 2.32. The molecule has 1 saturated heterocycles. The Bertz CT molecular complexity index is 484. The minimum atomic E-state index is -4.73. The molecule has 1 fully saturated rings. The van der Waals surface area contributed by atoms with E-state index in [4.69, 9.17) is 0 Å². The van der Waals surface area contributed by atoms with Crippen molar-refractivity contribution in [3.63, 3.8) is 0 Å². The summed E-state index contributed by atoms with van der Waals surface area (Å²) in [6.45, 7) is 5.19. The molecule has 2 N–H and O–H groups in total. The van der Waals surface area contributed by atoms with E-state index in [9.17, 15) is 18.3 Å². The first-order valence-corrected chi connectivity index (χ1v) is 6.94. The number of phenolic OH excluding ortho intramolecular Hbond substituents is 1. The van der Waals surface area contributed by atoms with Crippen LogP contribution in [-0.4, -0.2) is 42.5 Å². The maximum Gasteiger partial charge on any atom is 0.573 e. The fourth-order valence-corrected chi connectivity index (χ4v) is 2.67. The molecule has 1 atom stereocenters. The quantitative estimate of drug-likeness (QED) is 0.843. The van der Waals surface area contributed by atoms with Crippen LogP contribution in [0.2, 0.25) is 0 Å². The molecule has 0 radical (unpaired) electrons. The van der Waals surface area contributed by atoms with Crippen LogP contribution in [0, 0.1) is 0 Å². The Morgan fingerprint density at radius 2 is 1.87 bits per heavy atom. The number of hydrogen-bond acceptors (Lipinski definition) is 4. The smallest absolute Gasteiger partial charge is 0.508 e. The lowest BCUT2D eigenvalue weighted by molar-refractivity contribution is -0.274. The molecule has 0 spiro atoms. The normalized spacial score (nSPS) is 16.9. The van der Waals surface area contributed by atoms with E-state index in [-0.39, 0.29) is 42.4 Å². The van der Waals surface area contributed by atoms with Crippen molar-refractivity contribution in [2.75, 3.05) is 26.2 Å². The summed E-state index contributed by atoms with van der Waals surface area (Å²) in [6, 6.07) is 3.53. The van der Waals surface area contributed by atoms with E-state index >= 15 is 0 Å². The monoisotopic (exact) mass is 376 g/mol. The number of piperazine rings is 1. The standard InChI is InChI=1S/C14H19F3N2O2.2ClH/c1-2-12(19-7-5-18-6-8-19)11-9-10(3-4-13(11)20)21-14(15,16)17;;/h3-4,9,12,18,20H,2,5-8H2,1H3;2*1H/t12-;;/m1../s1. The van der Waals surface area contributed by atoms with Gasteiger partial charge in [0.2, 0.25) is 0 Å². The van der Waals surface area contributed by atoms with Crippen molar-refractivity contribution in [2.24, 2.45) is 0 Å². The molecule has 0 aliphatic carbocycles. The van der Waals surface area contributed by atoms with Gasteiger partial charge in [0.05, 0.1) is 0 Å². The van der Waals surface area contributed by atoms with Crippen molar-refractivity contribution in [2.45, 2.75) is 25.7 Å². The molecule has 0 amide bonds. The van der Waals surface area contributed by atoms with Gasteiger partial charge in [0, 0.05) is 37.8 Å². The number of hydrogen-bond donors (Lipinski definition) is 2. The van der Waals surface area contributed by atoms with E-state index in [0.29, 0.717) is 12.0 Å². The van der Waals surface area contributed by atoms with Gasteiger partial charge < -0.3 is 15.2 Å². The number of ether oxygens (including phenoxy) is 1. The molecule has 1 aromatic carbocycles. The van der Waals surface area contributed by atoms with E-state index in [2.05, 4.69) is 15.0 Å². The summed E-state index contributed by atoms with van der Waals surface area (Å²) in [7, 11) is 0. The highest BCUT2D eigenvalue weighted by atomic mass is 35.5. The zero-order chi connectivity index (χ0) is 15.5. The third-order valence-electron chi connectivity index (χ3n) is 3.57. The van der Waals surface area contributed by atoms with Gasteiger partial charge >= 0.3 is 6.36 Å². The number of phenols is 1. The third kappa shape index (κ3) is 6.25. The lowest BCUT2D eigenvalue weighted by atomic mass is 10.0. The van der Waals surface area contributed by atoms with Gasteiger partial charge in [-0.3, -0.25) is 4.90 Å². The van der Waals surface area contributed by atoms with E-state index in [1.165, 1.54) is 12.1 Å². The number of nitrogens with zero attached hydrogens (tertiary/aromatic N) is 1. The summed E-state index contributed by atoms with van der Waals surface area (Å²) in [5, 5.41) is 13.2. The van der Waals surface area contributed by atoms with E-state index < -0.39 is 6.36 Å². The van der Waals surface area contributed by atoms with Crippen LogP contribution in [0.4, 0.5) is 13.2 Å². The topological polar surface area (TPSA) is 44.7 Å². The summed E-state index contributed by atoms with van der Waals surface area (Å²) >= 11 is 0. The SMILES string of the molecule is CC[C@H](c1cc(OC(F)(F)F)ccc1O)N1CCNCC1.Cl.Cl. The lowest BCUT2D eigenvalue weighted by Crippen LogP contribution is -2.45. The second-order valence-electron chi connectivity index (χ2n) is 4.98. The molecular weight excluding hydrogens is 356 g/mol. The molecule has 1 aliphatic rings. The minimum absolute atomic E-state index is 0. The Balaban J connectivity index is 0.00000242. The van der Waals surface area contributed by atoms with E-state index in [0.717, 1.165) is 32.2 Å². The number of aromatic hydroxyl groups is 1. The molecule has 4 nitrogen and oxygen atoms in total. The number of halogens is 5. The maximum atomic E-state index is 12.3. The first kappa shape index (κ1) is 22.1. The van der Waals surface area contributed by atoms with Crippen molar-refractivity contribution >= 4 is 24.8 Å². The molecule has 23 heavy (non-hydrogen) atoms. The zero-order valence-electron chi connectivity index (χ0n) is 12.6. The molecule has 1 heterocycles. The second kappa shape index (κ2) is 9.42. The summed E-state index contributed by atoms with van der Waals surface area (Å²) in [5.41, 5.74) is 0.473. The largest absolute Gasteiger partial charge is 0.573 e. The molecule has 2 rings (SSSR count). The Morgan fingerprint density at radius 1 is 1.26 bits per heavy atom. The van der Waals surface area contributed by atoms with Crippen LogP contribution in [0.1, 0.15) is 24.9 Å². The average molecular weight is 377 g/mol. The minimum Gasteiger partial charge on any atom is -0.508 e. The number of benzene rings is 1. The van der Waals surface area contributed by atoms with Gasteiger partial charge in [-0.2, -0.15) is 0 Å². The van der Waals surface area contributed by atoms with Gasteiger partial charge in [-0.15, -0.1) is 38.0 Å². The van der Waals surface area contributed by atoms with Crippen LogP contribution in [0.15, 0.2) is 18.2 Å². The van der Waals surface area contributed by atoms with Gasteiger partial charge in [-0.25, -0.2) is 0 Å². The second-order valence-corrected chi connectivity index (χ2v) is 4.98. The van der Waals surface area contributed by atoms with Crippen LogP contribution in [0.5, 0.6) is 11.5 Å². The van der Waals surface area contributed by atoms with Gasteiger partial charge in [-0.05, 0) is 24.6 Å². The Hall–Kier alpha value is -0.890. The fraction of sp³-hybridized carbons (Fsp3) is 0.571. The van der Waals surface area contributed by atoms with Gasteiger partial charge in [0.25, 0.3) is 0 Å². The molecule has 1 aliphatic heterocycles. The molecule has 1 aromatic rings. The van der Waals surface area contributed by atoms with Crippen molar-refractivity contribution in [1.82, 2.24) is 10.2 Å². The Kier molecular flexibility index (Phi) is 9.05. The molecule has 0 saturated carbocycles. The molecule has 0 unspecified atom stereocenters. The number of rotatable bonds is 4. The molecule has 0 aromatic heterocycles. The van der Waals surface area contributed by atoms with Crippen LogP contribution < -0.4 is 10.1 Å². The van der Waals surface area contributed by atoms with Gasteiger partial charge in [-0.1, -0.05) is 6.92 Å². The Labute approximate surface area is 145 Å². The van der Waals surface area contributed by atoms with E-state index in [1.807, 2.05) is 6.92 Å². The number of alkyl halides is 3. The third-order valence-corrected chi connectivity index (χ3v) is 3.57. The highest BCUT2D eigenvalue weighted by Crippen LogP contribution is 2.35. The number of nitrogens with one attached hydrogen (secondary N) is 1. The molecule has 0 bridgehead atoms. The van der Waals surface area contributed by atoms with Crippen LogP contribution in [0.25, 0.3) is 0 Å². The van der Waals surface area contributed by atoms with Crippen LogP contribution in [0.3, 0.4) is 0 Å².